The van der Waals surface area contributed by atoms with Gasteiger partial charge in [0.2, 0.25) is 0 Å². The maximum absolute atomic E-state index is 10.1. The fourth-order valence-corrected chi connectivity index (χ4v) is 5.17. The van der Waals surface area contributed by atoms with Gasteiger partial charge in [-0.3, -0.25) is 10.6 Å². The first-order valence-electron chi connectivity index (χ1n) is 12.6. The summed E-state index contributed by atoms with van der Waals surface area (Å²) in [5.41, 5.74) is 12.0. The lowest BCUT2D eigenvalue weighted by molar-refractivity contribution is -0.0759. The van der Waals surface area contributed by atoms with Gasteiger partial charge < -0.3 is 40.6 Å². The predicted octanol–water partition coefficient (Wildman–Crippen LogP) is -1.23. The molecule has 2 aromatic heterocycles. The van der Waals surface area contributed by atoms with Crippen LogP contribution in [0.5, 0.6) is 0 Å². The zero-order valence-electron chi connectivity index (χ0n) is 20.6. The summed E-state index contributed by atoms with van der Waals surface area (Å²) in [4.78, 5) is 17.0. The molecular weight excluding hydrogens is 496 g/mol. The molecule has 2 fully saturated rings. The average Bonchev–Trinajstić information content (AvgIpc) is 3.62. The molecule has 2 aromatic rings. The summed E-state index contributed by atoms with van der Waals surface area (Å²) in [5, 5.41) is 26.0. The smallest absolute Gasteiger partial charge is 0.164 e. The molecule has 6 atom stereocenters. The van der Waals surface area contributed by atoms with Crippen molar-refractivity contribution in [3.63, 3.8) is 0 Å². The fraction of sp³-hybridized carbons (Fsp3) is 0.583. The first kappa shape index (κ1) is 25.3. The van der Waals surface area contributed by atoms with Gasteiger partial charge in [0.25, 0.3) is 0 Å². The van der Waals surface area contributed by atoms with Crippen LogP contribution in [-0.2, 0) is 30.1 Å². The first-order valence-corrected chi connectivity index (χ1v) is 12.6. The number of nitrogens with zero attached hydrogens (tertiary/aromatic N) is 4. The number of anilines is 2. The van der Waals surface area contributed by atoms with E-state index >= 15 is 0 Å². The summed E-state index contributed by atoms with van der Waals surface area (Å²) in [6, 6.07) is 5.58. The molecule has 4 aliphatic rings. The van der Waals surface area contributed by atoms with Crippen LogP contribution in [0.1, 0.15) is 48.2 Å². The minimum Gasteiger partial charge on any atom is -0.393 e. The summed E-state index contributed by atoms with van der Waals surface area (Å²) in [6.07, 6.45) is 5.08. The van der Waals surface area contributed by atoms with E-state index < -0.39 is 11.2 Å². The van der Waals surface area contributed by atoms with Gasteiger partial charge in [0.05, 0.1) is 61.2 Å². The minimum absolute atomic E-state index is 0.127. The number of hydrogen-bond donors (Lipinski definition) is 6. The largest absolute Gasteiger partial charge is 0.393 e. The zero-order chi connectivity index (χ0) is 26.3. The number of nitrogens with one attached hydrogen (secondary N) is 2. The van der Waals surface area contributed by atoms with Gasteiger partial charge in [-0.1, -0.05) is 0 Å². The molecule has 2 saturated heterocycles. The monoisotopic (exact) mass is 526 g/mol. The van der Waals surface area contributed by atoms with Crippen molar-refractivity contribution in [1.82, 2.24) is 19.9 Å². The topological polar surface area (TPSA) is 205 Å². The highest BCUT2D eigenvalue weighted by Crippen LogP contribution is 2.53. The van der Waals surface area contributed by atoms with E-state index in [1.807, 2.05) is 0 Å². The molecule has 14 heteroatoms. The van der Waals surface area contributed by atoms with Crippen LogP contribution in [0.2, 0.25) is 0 Å². The lowest BCUT2D eigenvalue weighted by Crippen LogP contribution is -2.27. The maximum Gasteiger partial charge on any atom is 0.164 e. The summed E-state index contributed by atoms with van der Waals surface area (Å²) in [5.74, 6) is 0.868. The van der Waals surface area contributed by atoms with Gasteiger partial charge >= 0.3 is 0 Å². The van der Waals surface area contributed by atoms with E-state index in [1.54, 1.807) is 0 Å². The molecule has 8 N–H and O–H groups in total. The number of aliphatic hydroxyl groups excluding tert-OH is 2. The normalized spacial score (nSPS) is 32.2. The fourth-order valence-electron chi connectivity index (χ4n) is 5.17. The highest BCUT2D eigenvalue weighted by atomic mass is 16.6. The van der Waals surface area contributed by atoms with Gasteiger partial charge in [0, 0.05) is 12.1 Å². The van der Waals surface area contributed by atoms with Gasteiger partial charge in [-0.15, -0.1) is 0 Å². The van der Waals surface area contributed by atoms with E-state index in [4.69, 9.17) is 30.4 Å². The van der Waals surface area contributed by atoms with Crippen molar-refractivity contribution in [2.24, 2.45) is 11.5 Å². The third kappa shape index (κ3) is 4.36. The van der Waals surface area contributed by atoms with E-state index in [2.05, 4.69) is 42.7 Å². The summed E-state index contributed by atoms with van der Waals surface area (Å²) < 4.78 is 23.3. The molecule has 6 rings (SSSR count). The Morgan fingerprint density at radius 1 is 0.789 bits per heavy atom. The van der Waals surface area contributed by atoms with E-state index in [0.717, 1.165) is 25.7 Å². The Bertz CT molecular complexity index is 1180. The number of nitrogens with two attached hydrogens (primary N) is 2. The number of fused-ring (bicyclic) bond motifs is 2. The number of ether oxygens (including phenoxy) is 4. The maximum atomic E-state index is 10.1. The molecule has 2 aliphatic carbocycles. The van der Waals surface area contributed by atoms with Crippen LogP contribution >= 0.6 is 0 Å². The van der Waals surface area contributed by atoms with E-state index in [1.165, 1.54) is 12.7 Å². The number of rotatable bonds is 10. The third-order valence-corrected chi connectivity index (χ3v) is 7.32. The zero-order valence-corrected chi connectivity index (χ0v) is 20.6. The molecule has 0 spiro atoms. The van der Waals surface area contributed by atoms with Crippen LogP contribution in [-0.4, -0.2) is 81.2 Å². The Morgan fingerprint density at radius 2 is 1.24 bits per heavy atom. The standard InChI is InChI=1S/C24H30N8O6/c25-15-3-1-13(37-15)7-35-23(9-33)17-19(23)29-11-31-21(17)27-5-6-28-22-18-20(30-12-32-22)24(18,10-34)36-8-14-2-4-16(26)38-14/h11-16,33-34H,1-4,7-10,25-26H2,(H,27,29,31)(H,28,30,32)/t13-,14-,15+,16+,23?,24?/m0/s1. The number of hydrogen-bond acceptors (Lipinski definition) is 14. The highest BCUT2D eigenvalue weighted by molar-refractivity contribution is 5.69. The predicted molar refractivity (Wildman–Crippen MR) is 131 cm³/mol. The van der Waals surface area contributed by atoms with Crippen molar-refractivity contribution >= 4 is 11.6 Å². The highest BCUT2D eigenvalue weighted by Gasteiger charge is 2.58. The SMILES string of the molecule is N[C@H]1CC[C@@H](COC2(CO)c3ncnc(NC#CNc4ncnc5c4C5(CO)OC[C@@H]4CC[C@H](N)O4)c32)O1. The first-order chi connectivity index (χ1) is 18.5. The van der Waals surface area contributed by atoms with Gasteiger partial charge in [-0.05, 0) is 25.7 Å². The van der Waals surface area contributed by atoms with Crippen molar-refractivity contribution in [3.8, 4) is 12.1 Å². The molecule has 0 radical (unpaired) electrons. The van der Waals surface area contributed by atoms with Crippen LogP contribution in [0.4, 0.5) is 11.6 Å². The molecule has 0 bridgehead atoms. The lowest BCUT2D eigenvalue weighted by Gasteiger charge is -2.18. The Balaban J connectivity index is 1.08. The van der Waals surface area contributed by atoms with Gasteiger partial charge in [-0.2, -0.15) is 0 Å². The molecule has 0 aromatic carbocycles. The molecule has 0 saturated carbocycles. The Morgan fingerprint density at radius 3 is 1.61 bits per heavy atom. The second-order valence-electron chi connectivity index (χ2n) is 9.73. The van der Waals surface area contributed by atoms with E-state index in [9.17, 15) is 10.2 Å². The van der Waals surface area contributed by atoms with Crippen LogP contribution in [0, 0.1) is 12.1 Å². The molecular formula is C24H30N8O6. The molecule has 14 nitrogen and oxygen atoms in total. The van der Waals surface area contributed by atoms with Gasteiger partial charge in [0.15, 0.2) is 11.2 Å². The number of aliphatic hydroxyl groups is 2. The Labute approximate surface area is 218 Å². The van der Waals surface area contributed by atoms with Gasteiger partial charge in [0.1, 0.15) is 36.7 Å². The molecule has 4 heterocycles. The van der Waals surface area contributed by atoms with Crippen LogP contribution in [0.3, 0.4) is 0 Å². The van der Waals surface area contributed by atoms with Crippen molar-refractivity contribution < 1.29 is 29.2 Å². The quantitative estimate of drug-likeness (QED) is 0.158. The van der Waals surface area contributed by atoms with E-state index in [0.29, 0.717) is 34.2 Å². The van der Waals surface area contributed by atoms with Crippen molar-refractivity contribution in [2.45, 2.75) is 61.5 Å². The van der Waals surface area contributed by atoms with Crippen molar-refractivity contribution in [2.75, 3.05) is 37.1 Å². The molecule has 2 unspecified atom stereocenters. The van der Waals surface area contributed by atoms with Crippen molar-refractivity contribution in [1.29, 1.82) is 0 Å². The second-order valence-corrected chi connectivity index (χ2v) is 9.73. The Kier molecular flexibility index (Phi) is 6.62. The average molecular weight is 527 g/mol. The summed E-state index contributed by atoms with van der Waals surface area (Å²) in [6.45, 7) is -0.00243. The van der Waals surface area contributed by atoms with Crippen molar-refractivity contribution in [3.05, 3.63) is 35.2 Å². The van der Waals surface area contributed by atoms with E-state index in [-0.39, 0.29) is 51.1 Å². The second kappa shape index (κ2) is 9.95. The molecule has 38 heavy (non-hydrogen) atoms. The minimum atomic E-state index is -1.04. The molecule has 0 amide bonds. The Hall–Kier alpha value is -3.00. The molecule has 2 aliphatic heterocycles. The number of aromatic nitrogens is 4. The van der Waals surface area contributed by atoms with Crippen LogP contribution < -0.4 is 22.1 Å². The van der Waals surface area contributed by atoms with Gasteiger partial charge in [-0.25, -0.2) is 19.9 Å². The third-order valence-electron chi connectivity index (χ3n) is 7.32. The van der Waals surface area contributed by atoms with Crippen LogP contribution in [0.25, 0.3) is 0 Å². The van der Waals surface area contributed by atoms with Crippen LogP contribution in [0.15, 0.2) is 12.7 Å². The summed E-state index contributed by atoms with van der Waals surface area (Å²) >= 11 is 0. The summed E-state index contributed by atoms with van der Waals surface area (Å²) in [7, 11) is 0. The molecule has 202 valence electrons. The lowest BCUT2D eigenvalue weighted by atomic mass is 10.2.